The van der Waals surface area contributed by atoms with Gasteiger partial charge in [0.25, 0.3) is 5.91 Å². The van der Waals surface area contributed by atoms with Crippen LogP contribution in [0.1, 0.15) is 57.7 Å². The highest BCUT2D eigenvalue weighted by Gasteiger charge is 2.23. The van der Waals surface area contributed by atoms with Crippen molar-refractivity contribution in [1.29, 1.82) is 0 Å². The van der Waals surface area contributed by atoms with Crippen molar-refractivity contribution >= 4 is 39.2 Å². The molecule has 0 aliphatic carbocycles. The minimum Gasteiger partial charge on any atom is -0.462 e. The van der Waals surface area contributed by atoms with E-state index in [1.807, 2.05) is 26.0 Å². The molecule has 142 valence electrons. The monoisotopic (exact) mass is 385 g/mol. The first kappa shape index (κ1) is 19.2. The molecule has 0 atom stereocenters. The first-order valence-electron chi connectivity index (χ1n) is 9.11. The van der Waals surface area contributed by atoms with E-state index in [2.05, 4.69) is 18.3 Å². The number of amides is 1. The zero-order chi connectivity index (χ0) is 19.6. The molecule has 0 spiro atoms. The van der Waals surface area contributed by atoms with Gasteiger partial charge in [-0.1, -0.05) is 19.9 Å². The summed E-state index contributed by atoms with van der Waals surface area (Å²) in [7, 11) is 0. The Morgan fingerprint density at radius 2 is 1.93 bits per heavy atom. The average Bonchev–Trinajstić information content (AvgIpc) is 3.22. The van der Waals surface area contributed by atoms with Gasteiger partial charge in [-0.3, -0.25) is 4.79 Å². The summed E-state index contributed by atoms with van der Waals surface area (Å²) in [5.41, 5.74) is 3.05. The predicted octanol–water partition coefficient (Wildman–Crippen LogP) is 5.36. The zero-order valence-corrected chi connectivity index (χ0v) is 16.8. The predicted molar refractivity (Wildman–Crippen MR) is 108 cm³/mol. The summed E-state index contributed by atoms with van der Waals surface area (Å²) < 4.78 is 10.9. The first-order valence-corrected chi connectivity index (χ1v) is 9.93. The van der Waals surface area contributed by atoms with E-state index < -0.39 is 5.97 Å². The quantitative estimate of drug-likeness (QED) is 0.580. The standard InChI is InChI=1S/C21H23NO4S/c1-5-13-8-9-17-15(10-13)12(4)18(26-17)19(23)22-20-16(21(24)25-7-3)11-14(6-2)27-20/h8-11H,5-7H2,1-4H3,(H,22,23). The summed E-state index contributed by atoms with van der Waals surface area (Å²) in [6, 6.07) is 7.72. The van der Waals surface area contributed by atoms with Crippen LogP contribution in [0.4, 0.5) is 5.00 Å². The number of benzene rings is 1. The Bertz CT molecular complexity index is 999. The van der Waals surface area contributed by atoms with E-state index in [-0.39, 0.29) is 18.3 Å². The third-order valence-electron chi connectivity index (χ3n) is 4.47. The highest BCUT2D eigenvalue weighted by atomic mass is 32.1. The Balaban J connectivity index is 1.94. The molecule has 0 bridgehead atoms. The number of ether oxygens (including phenoxy) is 1. The summed E-state index contributed by atoms with van der Waals surface area (Å²) in [6.07, 6.45) is 1.69. The van der Waals surface area contributed by atoms with Crippen LogP contribution < -0.4 is 5.32 Å². The van der Waals surface area contributed by atoms with Crippen molar-refractivity contribution in [3.63, 3.8) is 0 Å². The van der Waals surface area contributed by atoms with Crippen LogP contribution in [0.25, 0.3) is 11.0 Å². The molecule has 1 amide bonds. The van der Waals surface area contributed by atoms with Crippen LogP contribution in [-0.4, -0.2) is 18.5 Å². The minimum atomic E-state index is -0.433. The summed E-state index contributed by atoms with van der Waals surface area (Å²) in [4.78, 5) is 26.0. The summed E-state index contributed by atoms with van der Waals surface area (Å²) >= 11 is 1.38. The van der Waals surface area contributed by atoms with Gasteiger partial charge < -0.3 is 14.5 Å². The highest BCUT2D eigenvalue weighted by molar-refractivity contribution is 7.16. The normalized spacial score (nSPS) is 11.0. The number of carbonyl (C=O) groups is 2. The fraction of sp³-hybridized carbons (Fsp3) is 0.333. The van der Waals surface area contributed by atoms with Crippen LogP contribution in [0, 0.1) is 6.92 Å². The van der Waals surface area contributed by atoms with E-state index in [1.165, 1.54) is 16.9 Å². The van der Waals surface area contributed by atoms with Crippen LogP contribution in [0.2, 0.25) is 0 Å². The number of nitrogens with one attached hydrogen (secondary N) is 1. The summed E-state index contributed by atoms with van der Waals surface area (Å²) in [6.45, 7) is 8.00. The number of esters is 1. The van der Waals surface area contributed by atoms with Crippen LogP contribution in [0.15, 0.2) is 28.7 Å². The lowest BCUT2D eigenvalue weighted by molar-refractivity contribution is 0.0528. The summed E-state index contributed by atoms with van der Waals surface area (Å²) in [5, 5.41) is 4.26. The minimum absolute atomic E-state index is 0.263. The molecule has 5 nitrogen and oxygen atoms in total. The number of anilines is 1. The Morgan fingerprint density at radius 3 is 2.59 bits per heavy atom. The molecule has 3 rings (SSSR count). The number of carbonyl (C=O) groups excluding carboxylic acids is 2. The molecule has 6 heteroatoms. The largest absolute Gasteiger partial charge is 0.462 e. The molecule has 0 saturated heterocycles. The number of thiophene rings is 1. The second kappa shape index (κ2) is 7.96. The van der Waals surface area contributed by atoms with Crippen LogP contribution >= 0.6 is 11.3 Å². The molecular formula is C21H23NO4S. The summed E-state index contributed by atoms with van der Waals surface area (Å²) in [5.74, 6) is -0.533. The van der Waals surface area contributed by atoms with Crippen molar-refractivity contribution in [2.24, 2.45) is 0 Å². The molecule has 27 heavy (non-hydrogen) atoms. The molecule has 1 N–H and O–H groups in total. The van der Waals surface area contributed by atoms with Gasteiger partial charge in [0.2, 0.25) is 0 Å². The lowest BCUT2D eigenvalue weighted by Crippen LogP contribution is -2.14. The van der Waals surface area contributed by atoms with Crippen LogP contribution in [0.3, 0.4) is 0 Å². The Morgan fingerprint density at radius 1 is 1.15 bits per heavy atom. The van der Waals surface area contributed by atoms with E-state index in [9.17, 15) is 9.59 Å². The van der Waals surface area contributed by atoms with Crippen molar-refractivity contribution in [1.82, 2.24) is 0 Å². The van der Waals surface area contributed by atoms with E-state index in [4.69, 9.17) is 9.15 Å². The average molecular weight is 385 g/mol. The maximum absolute atomic E-state index is 12.8. The molecule has 2 aromatic heterocycles. The van der Waals surface area contributed by atoms with Crippen molar-refractivity contribution < 1.29 is 18.7 Å². The van der Waals surface area contributed by atoms with E-state index >= 15 is 0 Å². The zero-order valence-electron chi connectivity index (χ0n) is 16.0. The Kier molecular flexibility index (Phi) is 5.65. The van der Waals surface area contributed by atoms with Gasteiger partial charge in [-0.05, 0) is 50.5 Å². The van der Waals surface area contributed by atoms with Gasteiger partial charge in [0.1, 0.15) is 10.6 Å². The van der Waals surface area contributed by atoms with Crippen molar-refractivity contribution in [3.8, 4) is 0 Å². The topological polar surface area (TPSA) is 68.5 Å². The third kappa shape index (κ3) is 3.76. The van der Waals surface area contributed by atoms with Crippen molar-refractivity contribution in [2.75, 3.05) is 11.9 Å². The van der Waals surface area contributed by atoms with Gasteiger partial charge in [0, 0.05) is 15.8 Å². The molecular weight excluding hydrogens is 362 g/mol. The molecule has 0 radical (unpaired) electrons. The number of rotatable bonds is 6. The SMILES string of the molecule is CCOC(=O)c1cc(CC)sc1NC(=O)c1oc2ccc(CC)cc2c1C. The fourth-order valence-electron chi connectivity index (χ4n) is 2.93. The molecule has 0 aliphatic rings. The highest BCUT2D eigenvalue weighted by Crippen LogP contribution is 2.32. The van der Waals surface area contributed by atoms with Crippen molar-refractivity contribution in [2.45, 2.75) is 40.5 Å². The van der Waals surface area contributed by atoms with Gasteiger partial charge in [0.15, 0.2) is 5.76 Å². The molecule has 0 saturated carbocycles. The lowest BCUT2D eigenvalue weighted by atomic mass is 10.1. The lowest BCUT2D eigenvalue weighted by Gasteiger charge is -2.05. The van der Waals surface area contributed by atoms with Crippen molar-refractivity contribution in [3.05, 3.63) is 51.6 Å². The molecule has 0 fully saturated rings. The fourth-order valence-corrected chi connectivity index (χ4v) is 3.91. The first-order chi connectivity index (χ1) is 13.0. The maximum atomic E-state index is 12.8. The van der Waals surface area contributed by atoms with E-state index in [0.29, 0.717) is 16.1 Å². The second-order valence-corrected chi connectivity index (χ2v) is 7.36. The number of hydrogen-bond acceptors (Lipinski definition) is 5. The van der Waals surface area contributed by atoms with Gasteiger partial charge in [0.05, 0.1) is 12.2 Å². The Labute approximate surface area is 162 Å². The van der Waals surface area contributed by atoms with Gasteiger partial charge in [-0.25, -0.2) is 4.79 Å². The third-order valence-corrected chi connectivity index (χ3v) is 5.66. The Hall–Kier alpha value is -2.60. The van der Waals surface area contributed by atoms with E-state index in [0.717, 1.165) is 28.7 Å². The van der Waals surface area contributed by atoms with E-state index in [1.54, 1.807) is 13.0 Å². The van der Waals surface area contributed by atoms with Crippen LogP contribution in [-0.2, 0) is 17.6 Å². The van der Waals surface area contributed by atoms with Gasteiger partial charge in [-0.2, -0.15) is 0 Å². The molecule has 3 aromatic rings. The number of hydrogen-bond donors (Lipinski definition) is 1. The van der Waals surface area contributed by atoms with Gasteiger partial charge in [-0.15, -0.1) is 11.3 Å². The molecule has 1 aromatic carbocycles. The number of aryl methyl sites for hydroxylation is 3. The maximum Gasteiger partial charge on any atom is 0.341 e. The molecule has 2 heterocycles. The second-order valence-electron chi connectivity index (χ2n) is 6.22. The molecule has 0 aliphatic heterocycles. The number of furan rings is 1. The van der Waals surface area contributed by atoms with Crippen LogP contribution in [0.5, 0.6) is 0 Å². The molecule has 0 unspecified atom stereocenters. The van der Waals surface area contributed by atoms with Gasteiger partial charge >= 0.3 is 5.97 Å². The smallest absolute Gasteiger partial charge is 0.341 e. The number of fused-ring (bicyclic) bond motifs is 1.